The first-order valence-corrected chi connectivity index (χ1v) is 6.70. The third-order valence-electron chi connectivity index (χ3n) is 2.95. The largest absolute Gasteiger partial charge is 0.382 e. The number of H-pyrrole nitrogens is 1. The third kappa shape index (κ3) is 3.45. The Morgan fingerprint density at radius 3 is 2.95 bits per heavy atom. The lowest BCUT2D eigenvalue weighted by atomic mass is 10.1. The first-order valence-electron chi connectivity index (χ1n) is 6.70. The number of carbonyl (C=O) groups excluding carboxylic acids is 1. The first kappa shape index (κ1) is 14.3. The summed E-state index contributed by atoms with van der Waals surface area (Å²) in [6, 6.07) is 8.59. The number of aromatic amines is 1. The lowest BCUT2D eigenvalue weighted by molar-refractivity contribution is 0.0945. The highest BCUT2D eigenvalue weighted by Gasteiger charge is 2.10. The van der Waals surface area contributed by atoms with Crippen molar-refractivity contribution in [1.29, 1.82) is 0 Å². The maximum Gasteiger partial charge on any atom is 0.252 e. The van der Waals surface area contributed by atoms with E-state index in [0.717, 1.165) is 11.8 Å². The van der Waals surface area contributed by atoms with Crippen molar-refractivity contribution in [3.05, 3.63) is 46.2 Å². The van der Waals surface area contributed by atoms with Gasteiger partial charge in [0.05, 0.1) is 5.56 Å². The number of pyridine rings is 1. The SMILES string of the molecule is CCOCCCNC(=O)c1cc(=O)[nH]c2ccccc12. The van der Waals surface area contributed by atoms with Crippen LogP contribution in [-0.2, 0) is 4.74 Å². The van der Waals surface area contributed by atoms with Crippen molar-refractivity contribution in [2.75, 3.05) is 19.8 Å². The van der Waals surface area contributed by atoms with Gasteiger partial charge in [0.1, 0.15) is 0 Å². The van der Waals surface area contributed by atoms with Gasteiger partial charge in [-0.3, -0.25) is 9.59 Å². The van der Waals surface area contributed by atoms with Gasteiger partial charge in [-0.2, -0.15) is 0 Å². The molecule has 0 fully saturated rings. The van der Waals surface area contributed by atoms with Crippen LogP contribution >= 0.6 is 0 Å². The molecule has 2 aromatic rings. The fourth-order valence-electron chi connectivity index (χ4n) is 2.01. The van der Waals surface area contributed by atoms with Crippen LogP contribution in [0.2, 0.25) is 0 Å². The standard InChI is InChI=1S/C15H18N2O3/c1-2-20-9-5-8-16-15(19)12-10-14(18)17-13-7-4-3-6-11(12)13/h3-4,6-7,10H,2,5,8-9H2,1H3,(H,16,19)(H,17,18). The van der Waals surface area contributed by atoms with Crippen molar-refractivity contribution in [1.82, 2.24) is 10.3 Å². The Morgan fingerprint density at radius 1 is 1.35 bits per heavy atom. The summed E-state index contributed by atoms with van der Waals surface area (Å²) in [6.45, 7) is 3.75. The minimum absolute atomic E-state index is 0.233. The number of nitrogens with one attached hydrogen (secondary N) is 2. The van der Waals surface area contributed by atoms with E-state index in [9.17, 15) is 9.59 Å². The molecule has 0 aliphatic carbocycles. The zero-order valence-electron chi connectivity index (χ0n) is 11.4. The Kier molecular flexibility index (Phi) is 4.90. The molecule has 0 saturated heterocycles. The molecule has 2 rings (SSSR count). The zero-order chi connectivity index (χ0) is 14.4. The number of fused-ring (bicyclic) bond motifs is 1. The lowest BCUT2D eigenvalue weighted by Gasteiger charge is -2.07. The van der Waals surface area contributed by atoms with Crippen LogP contribution in [0, 0.1) is 0 Å². The van der Waals surface area contributed by atoms with E-state index in [1.165, 1.54) is 6.07 Å². The molecule has 0 atom stereocenters. The number of rotatable bonds is 6. The summed E-state index contributed by atoms with van der Waals surface area (Å²) < 4.78 is 5.20. The van der Waals surface area contributed by atoms with Crippen LogP contribution in [0.1, 0.15) is 23.7 Å². The van der Waals surface area contributed by atoms with Crippen molar-refractivity contribution in [3.8, 4) is 0 Å². The van der Waals surface area contributed by atoms with Gasteiger partial charge in [-0.05, 0) is 19.4 Å². The highest BCUT2D eigenvalue weighted by atomic mass is 16.5. The molecule has 106 valence electrons. The van der Waals surface area contributed by atoms with Crippen LogP contribution in [0.5, 0.6) is 0 Å². The molecule has 1 aromatic carbocycles. The van der Waals surface area contributed by atoms with Crippen LogP contribution in [0.25, 0.3) is 10.9 Å². The number of amides is 1. The van der Waals surface area contributed by atoms with Crippen molar-refractivity contribution in [2.45, 2.75) is 13.3 Å². The van der Waals surface area contributed by atoms with Gasteiger partial charge < -0.3 is 15.0 Å². The molecule has 0 bridgehead atoms. The summed E-state index contributed by atoms with van der Waals surface area (Å²) >= 11 is 0. The van der Waals surface area contributed by atoms with E-state index in [1.807, 2.05) is 25.1 Å². The monoisotopic (exact) mass is 274 g/mol. The van der Waals surface area contributed by atoms with Crippen molar-refractivity contribution in [3.63, 3.8) is 0 Å². The van der Waals surface area contributed by atoms with Gasteiger partial charge in [-0.15, -0.1) is 0 Å². The molecule has 1 amide bonds. The number of hydrogen-bond acceptors (Lipinski definition) is 3. The predicted molar refractivity (Wildman–Crippen MR) is 78.0 cm³/mol. The highest BCUT2D eigenvalue weighted by molar-refractivity contribution is 6.05. The molecule has 2 N–H and O–H groups in total. The van der Waals surface area contributed by atoms with Crippen molar-refractivity contribution >= 4 is 16.8 Å². The van der Waals surface area contributed by atoms with Crippen LogP contribution in [-0.4, -0.2) is 30.6 Å². The van der Waals surface area contributed by atoms with Gasteiger partial charge in [0, 0.05) is 36.7 Å². The molecule has 0 aliphatic rings. The average molecular weight is 274 g/mol. The fraction of sp³-hybridized carbons (Fsp3) is 0.333. The Balaban J connectivity index is 2.11. The van der Waals surface area contributed by atoms with E-state index >= 15 is 0 Å². The summed E-state index contributed by atoms with van der Waals surface area (Å²) in [5.74, 6) is -0.233. The minimum Gasteiger partial charge on any atom is -0.382 e. The number of aromatic nitrogens is 1. The van der Waals surface area contributed by atoms with E-state index in [2.05, 4.69) is 10.3 Å². The predicted octanol–water partition coefficient (Wildman–Crippen LogP) is 1.68. The minimum atomic E-state index is -0.275. The van der Waals surface area contributed by atoms with Crippen LogP contribution in [0.3, 0.4) is 0 Å². The summed E-state index contributed by atoms with van der Waals surface area (Å²) in [7, 11) is 0. The van der Waals surface area contributed by atoms with Gasteiger partial charge in [0.15, 0.2) is 0 Å². The molecular weight excluding hydrogens is 256 g/mol. The smallest absolute Gasteiger partial charge is 0.252 e. The van der Waals surface area contributed by atoms with E-state index in [4.69, 9.17) is 4.74 Å². The molecule has 1 aromatic heterocycles. The summed E-state index contributed by atoms with van der Waals surface area (Å²) in [5, 5.41) is 3.55. The van der Waals surface area contributed by atoms with Gasteiger partial charge in [0.2, 0.25) is 5.56 Å². The second-order valence-electron chi connectivity index (χ2n) is 4.40. The number of ether oxygens (including phenoxy) is 1. The molecule has 5 heteroatoms. The van der Waals surface area contributed by atoms with E-state index in [-0.39, 0.29) is 11.5 Å². The lowest BCUT2D eigenvalue weighted by Crippen LogP contribution is -2.26. The van der Waals surface area contributed by atoms with E-state index in [1.54, 1.807) is 6.07 Å². The summed E-state index contributed by atoms with van der Waals surface area (Å²) in [6.07, 6.45) is 0.751. The van der Waals surface area contributed by atoms with Gasteiger partial charge >= 0.3 is 0 Å². The van der Waals surface area contributed by atoms with Crippen molar-refractivity contribution in [2.24, 2.45) is 0 Å². The highest BCUT2D eigenvalue weighted by Crippen LogP contribution is 2.14. The van der Waals surface area contributed by atoms with Gasteiger partial charge in [-0.25, -0.2) is 0 Å². The summed E-state index contributed by atoms with van der Waals surface area (Å²) in [4.78, 5) is 26.4. The maximum atomic E-state index is 12.1. The van der Waals surface area contributed by atoms with Crippen LogP contribution in [0.4, 0.5) is 0 Å². The first-order chi connectivity index (χ1) is 9.72. The molecule has 0 aliphatic heterocycles. The molecular formula is C15H18N2O3. The molecule has 0 radical (unpaired) electrons. The van der Waals surface area contributed by atoms with Crippen LogP contribution < -0.4 is 10.9 Å². The Bertz CT molecular complexity index is 649. The molecule has 0 saturated carbocycles. The summed E-state index contributed by atoms with van der Waals surface area (Å²) in [5.41, 5.74) is 0.795. The van der Waals surface area contributed by atoms with Gasteiger partial charge in [0.25, 0.3) is 5.91 Å². The molecule has 1 heterocycles. The molecule has 0 spiro atoms. The Labute approximate surface area is 117 Å². The molecule has 20 heavy (non-hydrogen) atoms. The normalized spacial score (nSPS) is 10.7. The van der Waals surface area contributed by atoms with Crippen LogP contribution in [0.15, 0.2) is 35.1 Å². The molecule has 5 nitrogen and oxygen atoms in total. The average Bonchev–Trinajstić information content (AvgIpc) is 2.46. The maximum absolute atomic E-state index is 12.1. The second kappa shape index (κ2) is 6.86. The van der Waals surface area contributed by atoms with Crippen molar-refractivity contribution < 1.29 is 9.53 Å². The Hall–Kier alpha value is -2.14. The topological polar surface area (TPSA) is 71.2 Å². The van der Waals surface area contributed by atoms with Gasteiger partial charge in [-0.1, -0.05) is 18.2 Å². The number of para-hydroxylation sites is 1. The number of carbonyl (C=O) groups is 1. The molecule has 0 unspecified atom stereocenters. The number of hydrogen-bond donors (Lipinski definition) is 2. The zero-order valence-corrected chi connectivity index (χ0v) is 11.4. The second-order valence-corrected chi connectivity index (χ2v) is 4.40. The Morgan fingerprint density at radius 2 is 2.15 bits per heavy atom. The number of benzene rings is 1. The quantitative estimate of drug-likeness (QED) is 0.787. The third-order valence-corrected chi connectivity index (χ3v) is 2.95. The van der Waals surface area contributed by atoms with E-state index < -0.39 is 0 Å². The fourth-order valence-corrected chi connectivity index (χ4v) is 2.01. The van der Waals surface area contributed by atoms with E-state index in [0.29, 0.717) is 30.8 Å².